The van der Waals surface area contributed by atoms with Gasteiger partial charge in [-0.25, -0.2) is 0 Å². The summed E-state index contributed by atoms with van der Waals surface area (Å²) in [5, 5.41) is 5.65. The van der Waals surface area contributed by atoms with Gasteiger partial charge < -0.3 is 45.1 Å². The Hall–Kier alpha value is -2.45. The zero-order valence-corrected chi connectivity index (χ0v) is 45.5. The predicted octanol–water partition coefficient (Wildman–Crippen LogP) is 12.0. The molecule has 0 saturated heterocycles. The molecule has 2 fully saturated rings. The van der Waals surface area contributed by atoms with Crippen molar-refractivity contribution in [2.75, 3.05) is 0 Å². The Labute approximate surface area is 410 Å². The van der Waals surface area contributed by atoms with Gasteiger partial charge in [0.1, 0.15) is 0 Å². The molecule has 3 heteroatoms. The molecule has 0 aliphatic heterocycles. The van der Waals surface area contributed by atoms with Gasteiger partial charge >= 0.3 is 0 Å². The fourth-order valence-electron chi connectivity index (χ4n) is 9.31. The van der Waals surface area contributed by atoms with Crippen molar-refractivity contribution in [3.05, 3.63) is 144 Å². The first-order valence-corrected chi connectivity index (χ1v) is 23.0. The van der Waals surface area contributed by atoms with E-state index in [-0.39, 0.29) is 72.3 Å². The maximum absolute atomic E-state index is 3.38. The number of halogens is 2. The summed E-state index contributed by atoms with van der Waals surface area (Å²) >= 11 is 0. The van der Waals surface area contributed by atoms with Crippen LogP contribution in [-0.4, -0.2) is 0 Å². The van der Waals surface area contributed by atoms with Crippen LogP contribution in [0.15, 0.2) is 97.1 Å². The van der Waals surface area contributed by atoms with Crippen molar-refractivity contribution in [1.29, 1.82) is 0 Å². The standard InChI is InChI=1S/2C28H35.C3H6.2ClH.Hf/c2*1-27(2,3)23-15-22(16-24(18-23)28(4,5)6)25-13-9-12-20-14-21(17-26(20)25)19-10-7-8-11-19;1-3-2;;;/h2*9,12-19H,7-8,10-11H2,1-6H3;1-3H2;2*1H;/q2*-1;-2;;;/p-2. The van der Waals surface area contributed by atoms with Gasteiger partial charge in [0.15, 0.2) is 0 Å². The van der Waals surface area contributed by atoms with E-state index in [1.807, 2.05) is 0 Å². The van der Waals surface area contributed by atoms with E-state index in [4.69, 9.17) is 0 Å². The first-order chi connectivity index (χ1) is 27.7. The van der Waals surface area contributed by atoms with E-state index in [0.29, 0.717) is 0 Å². The van der Waals surface area contributed by atoms with Crippen molar-refractivity contribution in [2.24, 2.45) is 0 Å². The summed E-state index contributed by atoms with van der Waals surface area (Å²) in [6.07, 6.45) is 11.8. The van der Waals surface area contributed by atoms with E-state index in [1.54, 1.807) is 11.1 Å². The minimum absolute atomic E-state index is 0. The number of fused-ring (bicyclic) bond motifs is 2. The molecule has 0 N–H and O–H groups in total. The molecule has 0 unspecified atom stereocenters. The van der Waals surface area contributed by atoms with Gasteiger partial charge in [0.05, 0.1) is 0 Å². The Bertz CT molecular complexity index is 2100. The molecule has 2 aliphatic carbocycles. The molecule has 62 heavy (non-hydrogen) atoms. The fraction of sp³-hybridized carbons (Fsp3) is 0.458. The number of hydrogen-bond acceptors (Lipinski definition) is 0. The van der Waals surface area contributed by atoms with Crippen LogP contribution in [0.2, 0.25) is 0 Å². The van der Waals surface area contributed by atoms with Crippen LogP contribution in [0, 0.1) is 13.8 Å². The molecule has 6 aromatic carbocycles. The van der Waals surface area contributed by atoms with Crippen molar-refractivity contribution >= 4 is 21.5 Å². The third kappa shape index (κ3) is 12.9. The van der Waals surface area contributed by atoms with E-state index in [1.165, 1.54) is 117 Å². The first kappa shape index (κ1) is 53.9. The van der Waals surface area contributed by atoms with Crippen LogP contribution in [0.25, 0.3) is 43.8 Å². The molecule has 336 valence electrons. The maximum atomic E-state index is 3.38. The average Bonchev–Trinajstić information content (AvgIpc) is 4.00. The molecule has 2 saturated carbocycles. The van der Waals surface area contributed by atoms with Crippen molar-refractivity contribution < 1.29 is 50.7 Å². The molecule has 6 aromatic rings. The second kappa shape index (κ2) is 21.7. The smallest absolute Gasteiger partial charge is 0 e. The van der Waals surface area contributed by atoms with Gasteiger partial charge in [0.2, 0.25) is 0 Å². The third-order valence-corrected chi connectivity index (χ3v) is 13.2. The molecular formula is C59H76Cl2Hf-6. The van der Waals surface area contributed by atoms with E-state index >= 15 is 0 Å². The van der Waals surface area contributed by atoms with Crippen LogP contribution in [0.4, 0.5) is 0 Å². The van der Waals surface area contributed by atoms with Crippen LogP contribution in [-0.2, 0) is 47.5 Å². The molecular weight excluding hydrogens is 958 g/mol. The van der Waals surface area contributed by atoms with E-state index in [2.05, 4.69) is 194 Å². The van der Waals surface area contributed by atoms with Crippen LogP contribution >= 0.6 is 0 Å². The third-order valence-electron chi connectivity index (χ3n) is 13.2. The summed E-state index contributed by atoms with van der Waals surface area (Å²) in [4.78, 5) is 0. The zero-order chi connectivity index (χ0) is 42.9. The number of hydrogen-bond donors (Lipinski definition) is 0. The largest absolute Gasteiger partial charge is 1.00 e. The maximum Gasteiger partial charge on any atom is 0 e. The molecule has 0 amide bonds. The molecule has 0 spiro atoms. The molecule has 0 heterocycles. The Morgan fingerprint density at radius 2 is 0.726 bits per heavy atom. The summed E-state index contributed by atoms with van der Waals surface area (Å²) in [6, 6.07) is 38.1. The molecule has 0 nitrogen and oxygen atoms in total. The van der Waals surface area contributed by atoms with Crippen LogP contribution in [0.1, 0.15) is 186 Å². The normalized spacial score (nSPS) is 14.9. The Kier molecular flexibility index (Phi) is 18.9. The summed E-state index contributed by atoms with van der Waals surface area (Å²) in [5.74, 6) is 1.54. The monoisotopic (exact) mass is 1030 g/mol. The molecule has 0 radical (unpaired) electrons. The van der Waals surface area contributed by atoms with E-state index in [9.17, 15) is 0 Å². The van der Waals surface area contributed by atoms with Crippen molar-refractivity contribution in [3.63, 3.8) is 0 Å². The first-order valence-electron chi connectivity index (χ1n) is 23.0. The minimum Gasteiger partial charge on any atom is -1.00 e. The van der Waals surface area contributed by atoms with Crippen molar-refractivity contribution in [2.45, 2.75) is 174 Å². The molecule has 8 rings (SSSR count). The molecule has 0 aromatic heterocycles. The number of rotatable bonds is 4. The fourth-order valence-corrected chi connectivity index (χ4v) is 9.31. The van der Waals surface area contributed by atoms with Crippen LogP contribution < -0.4 is 24.8 Å². The van der Waals surface area contributed by atoms with Gasteiger partial charge in [0, 0.05) is 25.8 Å². The second-order valence-electron chi connectivity index (χ2n) is 22.1. The van der Waals surface area contributed by atoms with Gasteiger partial charge in [-0.1, -0.05) is 168 Å². The van der Waals surface area contributed by atoms with Crippen LogP contribution in [0.5, 0.6) is 0 Å². The zero-order valence-electron chi connectivity index (χ0n) is 40.4. The van der Waals surface area contributed by atoms with Crippen LogP contribution in [0.3, 0.4) is 0 Å². The summed E-state index contributed by atoms with van der Waals surface area (Å²) in [5.41, 5.74) is 14.9. The minimum atomic E-state index is 0. The van der Waals surface area contributed by atoms with Gasteiger partial charge in [-0.2, -0.15) is 12.1 Å². The predicted molar refractivity (Wildman–Crippen MR) is 263 cm³/mol. The summed E-state index contributed by atoms with van der Waals surface area (Å²) < 4.78 is 0. The van der Waals surface area contributed by atoms with Crippen molar-refractivity contribution in [3.8, 4) is 22.3 Å². The Balaban J connectivity index is 0.000000297. The average molecular weight is 1030 g/mol. The SMILES string of the molecule is CC(C)(C)c1cc(-c2cccc3[cH-]c(C4CCCC4)cc23)cc(C(C)(C)C)c1.CC(C)(C)c1cc(-c2cccc3[cH-]c(C4CCCC4)cc23)cc(C(C)(C)C)c1.[CH2-]C[CH2-].[Cl-].[Cl-].[Hf]. The topological polar surface area (TPSA) is 0 Å². The van der Waals surface area contributed by atoms with Gasteiger partial charge in [-0.15, -0.1) is 69.1 Å². The van der Waals surface area contributed by atoms with Gasteiger partial charge in [-0.3, -0.25) is 0 Å². The van der Waals surface area contributed by atoms with E-state index in [0.717, 1.165) is 18.3 Å². The van der Waals surface area contributed by atoms with E-state index < -0.39 is 0 Å². The molecule has 2 aliphatic rings. The Morgan fingerprint density at radius 1 is 0.452 bits per heavy atom. The van der Waals surface area contributed by atoms with Gasteiger partial charge in [-0.05, 0) is 92.6 Å². The second-order valence-corrected chi connectivity index (χ2v) is 22.1. The van der Waals surface area contributed by atoms with Crippen molar-refractivity contribution in [1.82, 2.24) is 0 Å². The summed E-state index contributed by atoms with van der Waals surface area (Å²) in [6.45, 7) is 34.6. The van der Waals surface area contributed by atoms with Gasteiger partial charge in [0.25, 0.3) is 0 Å². The molecule has 0 atom stereocenters. The summed E-state index contributed by atoms with van der Waals surface area (Å²) in [7, 11) is 0. The quantitative estimate of drug-likeness (QED) is 0.122. The molecule has 0 bridgehead atoms. The Morgan fingerprint density at radius 3 is 0.984 bits per heavy atom. The number of benzene rings is 4.